The van der Waals surface area contributed by atoms with Crippen LogP contribution >= 0.6 is 28.3 Å². The number of halogens is 2. The molecule has 0 bridgehead atoms. The van der Waals surface area contributed by atoms with Gasteiger partial charge in [-0.1, -0.05) is 22.0 Å². The van der Waals surface area contributed by atoms with E-state index in [9.17, 15) is 0 Å². The van der Waals surface area contributed by atoms with Crippen LogP contribution in [0.3, 0.4) is 0 Å². The van der Waals surface area contributed by atoms with Crippen molar-refractivity contribution in [1.29, 1.82) is 0 Å². The first-order valence-corrected chi connectivity index (χ1v) is 8.59. The highest BCUT2D eigenvalue weighted by atomic mass is 79.9. The summed E-state index contributed by atoms with van der Waals surface area (Å²) in [4.78, 5) is 0. The lowest BCUT2D eigenvalue weighted by Crippen LogP contribution is -2.14. The molecule has 1 N–H and O–H groups in total. The summed E-state index contributed by atoms with van der Waals surface area (Å²) in [6, 6.07) is 9.92. The smallest absolute Gasteiger partial charge is 0.231 e. The van der Waals surface area contributed by atoms with Crippen LogP contribution in [0, 0.1) is 0 Å². The van der Waals surface area contributed by atoms with Crippen molar-refractivity contribution in [3.8, 4) is 23.0 Å². The Bertz CT molecular complexity index is 726. The maximum absolute atomic E-state index is 5.75. The number of benzene rings is 2. The van der Waals surface area contributed by atoms with Gasteiger partial charge in [-0.2, -0.15) is 0 Å². The minimum Gasteiger partial charge on any atom is -0.493 e. The molecule has 0 atom stereocenters. The van der Waals surface area contributed by atoms with E-state index in [1.165, 1.54) is 0 Å². The molecule has 0 fully saturated rings. The van der Waals surface area contributed by atoms with Gasteiger partial charge in [-0.25, -0.2) is 0 Å². The van der Waals surface area contributed by atoms with E-state index in [2.05, 4.69) is 21.2 Å². The van der Waals surface area contributed by atoms with Crippen molar-refractivity contribution >= 4 is 28.3 Å². The summed E-state index contributed by atoms with van der Waals surface area (Å²) >= 11 is 3.52. The van der Waals surface area contributed by atoms with Gasteiger partial charge in [-0.15, -0.1) is 12.4 Å². The monoisotopic (exact) mass is 429 g/mol. The Hall–Kier alpha value is -1.63. The average Bonchev–Trinajstić information content (AvgIpc) is 3.04. The molecule has 2 aromatic carbocycles. The molecule has 0 saturated carbocycles. The maximum atomic E-state index is 5.75. The molecule has 3 rings (SSSR count). The number of hydrogen-bond donors (Lipinski definition) is 1. The zero-order valence-corrected chi connectivity index (χ0v) is 16.5. The molecular weight excluding hydrogens is 410 g/mol. The Labute approximate surface area is 162 Å². The Balaban J connectivity index is 0.00000225. The van der Waals surface area contributed by atoms with Crippen LogP contribution in [0.1, 0.15) is 18.1 Å². The van der Waals surface area contributed by atoms with Gasteiger partial charge >= 0.3 is 0 Å². The van der Waals surface area contributed by atoms with E-state index in [4.69, 9.17) is 18.9 Å². The Kier molecular flexibility index (Phi) is 7.23. The van der Waals surface area contributed by atoms with Crippen LogP contribution < -0.4 is 24.3 Å². The van der Waals surface area contributed by atoms with E-state index in [0.717, 1.165) is 45.1 Å². The van der Waals surface area contributed by atoms with Gasteiger partial charge in [0.2, 0.25) is 6.79 Å². The van der Waals surface area contributed by atoms with Gasteiger partial charge in [-0.3, -0.25) is 0 Å². The first-order valence-electron chi connectivity index (χ1n) is 7.79. The van der Waals surface area contributed by atoms with Crippen molar-refractivity contribution in [3.63, 3.8) is 0 Å². The number of fused-ring (bicyclic) bond motifs is 1. The van der Waals surface area contributed by atoms with Crippen LogP contribution in [0.4, 0.5) is 0 Å². The first-order chi connectivity index (χ1) is 11.7. The van der Waals surface area contributed by atoms with Gasteiger partial charge in [0.25, 0.3) is 0 Å². The molecule has 136 valence electrons. The predicted octanol–water partition coefficient (Wildman–Crippen LogP) is 4.30. The molecule has 0 aliphatic carbocycles. The van der Waals surface area contributed by atoms with E-state index < -0.39 is 0 Å². The third kappa shape index (κ3) is 4.71. The predicted molar refractivity (Wildman–Crippen MR) is 102 cm³/mol. The van der Waals surface area contributed by atoms with Crippen molar-refractivity contribution in [1.82, 2.24) is 5.32 Å². The average molecular weight is 431 g/mol. The molecule has 1 aliphatic rings. The summed E-state index contributed by atoms with van der Waals surface area (Å²) in [5.74, 6) is 3.11. The van der Waals surface area contributed by atoms with Crippen molar-refractivity contribution in [2.45, 2.75) is 20.0 Å². The van der Waals surface area contributed by atoms with Gasteiger partial charge in [0, 0.05) is 23.1 Å². The minimum absolute atomic E-state index is 0. The normalized spacial score (nSPS) is 11.8. The van der Waals surface area contributed by atoms with E-state index in [1.807, 2.05) is 37.3 Å². The second kappa shape index (κ2) is 9.17. The van der Waals surface area contributed by atoms with Crippen LogP contribution in [0.15, 0.2) is 34.8 Å². The Morgan fingerprint density at radius 3 is 2.68 bits per heavy atom. The summed E-state index contributed by atoms with van der Waals surface area (Å²) < 4.78 is 22.9. The van der Waals surface area contributed by atoms with E-state index >= 15 is 0 Å². The Morgan fingerprint density at radius 2 is 1.92 bits per heavy atom. The van der Waals surface area contributed by atoms with Gasteiger partial charge in [0.1, 0.15) is 0 Å². The molecule has 0 unspecified atom stereocenters. The minimum atomic E-state index is 0. The van der Waals surface area contributed by atoms with Crippen LogP contribution in [0.5, 0.6) is 23.0 Å². The van der Waals surface area contributed by atoms with Gasteiger partial charge in [-0.05, 0) is 36.8 Å². The van der Waals surface area contributed by atoms with E-state index in [1.54, 1.807) is 7.11 Å². The fourth-order valence-corrected chi connectivity index (χ4v) is 3.09. The third-order valence-corrected chi connectivity index (χ3v) is 4.14. The van der Waals surface area contributed by atoms with E-state index in [-0.39, 0.29) is 12.4 Å². The van der Waals surface area contributed by atoms with E-state index in [0.29, 0.717) is 19.9 Å². The zero-order valence-electron chi connectivity index (χ0n) is 14.1. The van der Waals surface area contributed by atoms with Crippen molar-refractivity contribution < 1.29 is 18.9 Å². The summed E-state index contributed by atoms with van der Waals surface area (Å²) in [5.41, 5.74) is 2.18. The number of rotatable bonds is 7. The van der Waals surface area contributed by atoms with Gasteiger partial charge in [0.05, 0.1) is 13.7 Å². The summed E-state index contributed by atoms with van der Waals surface area (Å²) in [5, 5.41) is 3.43. The summed E-state index contributed by atoms with van der Waals surface area (Å²) in [6.07, 6.45) is 0. The molecule has 0 aromatic heterocycles. The molecule has 0 saturated heterocycles. The molecule has 25 heavy (non-hydrogen) atoms. The molecule has 0 amide bonds. The lowest BCUT2D eigenvalue weighted by molar-refractivity contribution is 0.174. The van der Waals surface area contributed by atoms with Crippen LogP contribution in [-0.2, 0) is 13.1 Å². The molecule has 0 radical (unpaired) electrons. The lowest BCUT2D eigenvalue weighted by Gasteiger charge is -2.15. The second-order valence-electron chi connectivity index (χ2n) is 5.32. The maximum Gasteiger partial charge on any atom is 0.231 e. The van der Waals surface area contributed by atoms with Crippen LogP contribution in [-0.4, -0.2) is 20.5 Å². The fraction of sp³-hybridized carbons (Fsp3) is 0.333. The second-order valence-corrected chi connectivity index (χ2v) is 6.24. The van der Waals surface area contributed by atoms with Crippen LogP contribution in [0.25, 0.3) is 0 Å². The largest absolute Gasteiger partial charge is 0.493 e. The first kappa shape index (κ1) is 19.7. The molecule has 5 nitrogen and oxygen atoms in total. The molecule has 1 heterocycles. The quantitative estimate of drug-likeness (QED) is 0.710. The summed E-state index contributed by atoms with van der Waals surface area (Å²) in [7, 11) is 1.65. The highest BCUT2D eigenvalue weighted by molar-refractivity contribution is 9.10. The number of nitrogens with one attached hydrogen (secondary N) is 1. The highest BCUT2D eigenvalue weighted by Gasteiger charge is 2.14. The zero-order chi connectivity index (χ0) is 16.9. The molecule has 7 heteroatoms. The Morgan fingerprint density at radius 1 is 1.12 bits per heavy atom. The fourth-order valence-electron chi connectivity index (χ4n) is 2.61. The van der Waals surface area contributed by atoms with Gasteiger partial charge < -0.3 is 24.3 Å². The molecule has 2 aromatic rings. The van der Waals surface area contributed by atoms with Crippen molar-refractivity contribution in [3.05, 3.63) is 45.9 Å². The number of hydrogen-bond acceptors (Lipinski definition) is 5. The number of methoxy groups -OCH3 is 1. The topological polar surface area (TPSA) is 49.0 Å². The van der Waals surface area contributed by atoms with Gasteiger partial charge in [0.15, 0.2) is 23.0 Å². The SMILES string of the molecule is CCOc1c(CNCc2ccc3c(c2)OCO3)cc(Br)cc1OC.Cl. The molecule has 0 spiro atoms. The standard InChI is InChI=1S/C18H20BrNO4.ClH/c1-3-22-18-13(7-14(19)8-17(18)21-2)10-20-9-12-4-5-15-16(6-12)24-11-23-15;/h4-8,20H,3,9-11H2,1-2H3;1H. The highest BCUT2D eigenvalue weighted by Crippen LogP contribution is 2.35. The van der Waals surface area contributed by atoms with Crippen LogP contribution in [0.2, 0.25) is 0 Å². The van der Waals surface area contributed by atoms with Crippen molar-refractivity contribution in [2.75, 3.05) is 20.5 Å². The number of ether oxygens (including phenoxy) is 4. The third-order valence-electron chi connectivity index (χ3n) is 3.69. The summed E-state index contributed by atoms with van der Waals surface area (Å²) in [6.45, 7) is 4.23. The molecule has 1 aliphatic heterocycles. The lowest BCUT2D eigenvalue weighted by atomic mass is 10.1. The van der Waals surface area contributed by atoms with Crippen molar-refractivity contribution in [2.24, 2.45) is 0 Å². The molecular formula is C18H21BrClNO4.